The second-order valence-corrected chi connectivity index (χ2v) is 10.4. The number of fused-ring (bicyclic) bond motifs is 1. The van der Waals surface area contributed by atoms with Crippen molar-refractivity contribution in [3.05, 3.63) is 78.1 Å². The molecule has 1 N–H and O–H groups in total. The highest BCUT2D eigenvalue weighted by Gasteiger charge is 2.35. The first-order valence-electron chi connectivity index (χ1n) is 10.9. The Morgan fingerprint density at radius 2 is 1.91 bits per heavy atom. The molecule has 1 aromatic heterocycles. The van der Waals surface area contributed by atoms with Gasteiger partial charge in [0.25, 0.3) is 0 Å². The summed E-state index contributed by atoms with van der Waals surface area (Å²) in [6.45, 7) is 1.82. The molecule has 7 nitrogen and oxygen atoms in total. The standard InChI is InChI=1S/C25H22F2N4O3S/c1-15(29-34-2)16-3-8-25-24(11-16)28-14-31(25)20-10-17(22-7-4-18(26)12-23(22)27)9-19(13-20)30-35(32,33)21-5-6-21/h3-4,7-14,21,30H,5-6H2,1-2H3. The molecule has 1 heterocycles. The van der Waals surface area contributed by atoms with E-state index < -0.39 is 26.9 Å². The number of aromatic nitrogens is 2. The molecule has 1 aliphatic carbocycles. The van der Waals surface area contributed by atoms with Gasteiger partial charge in [0.1, 0.15) is 25.1 Å². The Bertz CT molecular complexity index is 1580. The normalized spacial score (nSPS) is 14.3. The van der Waals surface area contributed by atoms with Crippen molar-refractivity contribution in [2.45, 2.75) is 25.0 Å². The highest BCUT2D eigenvalue weighted by molar-refractivity contribution is 7.93. The number of hydrogen-bond donors (Lipinski definition) is 1. The van der Waals surface area contributed by atoms with E-state index >= 15 is 0 Å². The number of imidazole rings is 1. The molecule has 3 aromatic carbocycles. The van der Waals surface area contributed by atoms with Crippen molar-refractivity contribution < 1.29 is 22.0 Å². The van der Waals surface area contributed by atoms with Crippen LogP contribution in [0, 0.1) is 11.6 Å². The molecule has 10 heteroatoms. The summed E-state index contributed by atoms with van der Waals surface area (Å²) in [5.41, 5.74) is 4.37. The number of rotatable bonds is 7. The van der Waals surface area contributed by atoms with Crippen LogP contribution >= 0.6 is 0 Å². The molecule has 1 fully saturated rings. The van der Waals surface area contributed by atoms with E-state index in [0.717, 1.165) is 23.2 Å². The van der Waals surface area contributed by atoms with Gasteiger partial charge in [-0.2, -0.15) is 0 Å². The van der Waals surface area contributed by atoms with E-state index in [2.05, 4.69) is 14.9 Å². The van der Waals surface area contributed by atoms with Crippen molar-refractivity contribution in [1.29, 1.82) is 0 Å². The average molecular weight is 497 g/mol. The fourth-order valence-electron chi connectivity index (χ4n) is 3.95. The van der Waals surface area contributed by atoms with Crippen LogP contribution in [0.3, 0.4) is 0 Å². The summed E-state index contributed by atoms with van der Waals surface area (Å²) in [6.07, 6.45) is 2.82. The van der Waals surface area contributed by atoms with Crippen LogP contribution in [-0.4, -0.2) is 36.0 Å². The predicted octanol–water partition coefficient (Wildman–Crippen LogP) is 5.25. The van der Waals surface area contributed by atoms with Crippen molar-refractivity contribution in [2.75, 3.05) is 11.8 Å². The van der Waals surface area contributed by atoms with E-state index in [1.54, 1.807) is 29.1 Å². The quantitative estimate of drug-likeness (QED) is 0.280. The Hall–Kier alpha value is -3.79. The summed E-state index contributed by atoms with van der Waals surface area (Å²) in [5.74, 6) is -1.44. The second kappa shape index (κ2) is 8.77. The molecule has 5 rings (SSSR count). The second-order valence-electron chi connectivity index (χ2n) is 8.42. The molecule has 0 unspecified atom stereocenters. The molecule has 0 spiro atoms. The molecular weight excluding hydrogens is 474 g/mol. The van der Waals surface area contributed by atoms with Gasteiger partial charge in [-0.25, -0.2) is 22.2 Å². The van der Waals surface area contributed by atoms with E-state index in [0.29, 0.717) is 35.3 Å². The van der Waals surface area contributed by atoms with Gasteiger partial charge in [-0.05, 0) is 67.8 Å². The Balaban J connectivity index is 1.64. The first kappa shape index (κ1) is 23.0. The lowest BCUT2D eigenvalue weighted by atomic mass is 10.0. The van der Waals surface area contributed by atoms with Crippen LogP contribution in [0.2, 0.25) is 0 Å². The third-order valence-electron chi connectivity index (χ3n) is 5.85. The van der Waals surface area contributed by atoms with Gasteiger partial charge in [0.2, 0.25) is 10.0 Å². The Morgan fingerprint density at radius 1 is 1.11 bits per heavy atom. The van der Waals surface area contributed by atoms with Crippen LogP contribution in [0.4, 0.5) is 14.5 Å². The molecule has 4 aromatic rings. The number of sulfonamides is 1. The highest BCUT2D eigenvalue weighted by atomic mass is 32.2. The van der Waals surface area contributed by atoms with Crippen molar-refractivity contribution in [3.8, 4) is 16.8 Å². The van der Waals surface area contributed by atoms with Crippen LogP contribution in [0.1, 0.15) is 25.3 Å². The smallest absolute Gasteiger partial charge is 0.235 e. The van der Waals surface area contributed by atoms with Gasteiger partial charge in [-0.15, -0.1) is 0 Å². The SMILES string of the molecule is CON=C(C)c1ccc2c(c1)ncn2-c1cc(NS(=O)(=O)C2CC2)cc(-c2ccc(F)cc2F)c1. The van der Waals surface area contributed by atoms with Gasteiger partial charge >= 0.3 is 0 Å². The summed E-state index contributed by atoms with van der Waals surface area (Å²) in [6, 6.07) is 13.8. The molecule has 1 saturated carbocycles. The molecule has 0 bridgehead atoms. The van der Waals surface area contributed by atoms with Crippen molar-refractivity contribution in [3.63, 3.8) is 0 Å². The van der Waals surface area contributed by atoms with E-state index in [1.165, 1.54) is 13.2 Å². The summed E-state index contributed by atoms with van der Waals surface area (Å²) < 4.78 is 57.8. The van der Waals surface area contributed by atoms with Crippen LogP contribution in [0.5, 0.6) is 0 Å². The topological polar surface area (TPSA) is 85.6 Å². The lowest BCUT2D eigenvalue weighted by molar-refractivity contribution is 0.213. The van der Waals surface area contributed by atoms with Gasteiger partial charge in [0.15, 0.2) is 0 Å². The molecule has 1 aliphatic rings. The number of benzene rings is 3. The number of nitrogens with zero attached hydrogens (tertiary/aromatic N) is 3. The predicted molar refractivity (Wildman–Crippen MR) is 131 cm³/mol. The molecule has 0 saturated heterocycles. The molecule has 0 radical (unpaired) electrons. The largest absolute Gasteiger partial charge is 0.399 e. The molecule has 35 heavy (non-hydrogen) atoms. The summed E-state index contributed by atoms with van der Waals surface area (Å²) >= 11 is 0. The lowest BCUT2D eigenvalue weighted by Crippen LogP contribution is -2.17. The van der Waals surface area contributed by atoms with E-state index in [-0.39, 0.29) is 11.3 Å². The van der Waals surface area contributed by atoms with Gasteiger partial charge in [-0.1, -0.05) is 11.2 Å². The zero-order valence-corrected chi connectivity index (χ0v) is 19.8. The van der Waals surface area contributed by atoms with Gasteiger partial charge in [0.05, 0.1) is 27.7 Å². The molecular formula is C25H22F2N4O3S. The molecule has 0 amide bonds. The van der Waals surface area contributed by atoms with Crippen molar-refractivity contribution >= 4 is 32.5 Å². The fourth-order valence-corrected chi connectivity index (χ4v) is 5.32. The summed E-state index contributed by atoms with van der Waals surface area (Å²) in [7, 11) is -2.08. The van der Waals surface area contributed by atoms with Crippen LogP contribution in [0.25, 0.3) is 27.8 Å². The highest BCUT2D eigenvalue weighted by Crippen LogP contribution is 2.34. The van der Waals surface area contributed by atoms with Gasteiger partial charge < -0.3 is 4.84 Å². The molecule has 0 atom stereocenters. The van der Waals surface area contributed by atoms with Crippen LogP contribution in [0.15, 0.2) is 66.1 Å². The third-order valence-corrected chi connectivity index (χ3v) is 7.72. The van der Waals surface area contributed by atoms with Crippen molar-refractivity contribution in [2.24, 2.45) is 5.16 Å². The summed E-state index contributed by atoms with van der Waals surface area (Å²) in [5, 5.41) is 3.52. The monoisotopic (exact) mass is 496 g/mol. The average Bonchev–Trinajstić information content (AvgIpc) is 3.59. The number of nitrogens with one attached hydrogen (secondary N) is 1. The lowest BCUT2D eigenvalue weighted by Gasteiger charge is -2.14. The van der Waals surface area contributed by atoms with E-state index in [4.69, 9.17) is 4.84 Å². The van der Waals surface area contributed by atoms with E-state index in [1.807, 2.05) is 25.1 Å². The maximum Gasteiger partial charge on any atom is 0.235 e. The first-order chi connectivity index (χ1) is 16.7. The summed E-state index contributed by atoms with van der Waals surface area (Å²) in [4.78, 5) is 9.32. The number of anilines is 1. The Morgan fingerprint density at radius 3 is 2.63 bits per heavy atom. The van der Waals surface area contributed by atoms with Crippen molar-refractivity contribution in [1.82, 2.24) is 9.55 Å². The van der Waals surface area contributed by atoms with Crippen LogP contribution < -0.4 is 4.72 Å². The zero-order valence-electron chi connectivity index (χ0n) is 19.0. The van der Waals surface area contributed by atoms with Gasteiger partial charge in [-0.3, -0.25) is 9.29 Å². The number of halogens is 2. The maximum atomic E-state index is 14.6. The first-order valence-corrected chi connectivity index (χ1v) is 12.5. The zero-order chi connectivity index (χ0) is 24.7. The fraction of sp³-hybridized carbons (Fsp3) is 0.200. The Labute approximate surface area is 201 Å². The van der Waals surface area contributed by atoms with Crippen LogP contribution in [-0.2, 0) is 14.9 Å². The van der Waals surface area contributed by atoms with E-state index in [9.17, 15) is 17.2 Å². The molecule has 0 aliphatic heterocycles. The Kier molecular flexibility index (Phi) is 5.76. The minimum atomic E-state index is -3.56. The minimum Gasteiger partial charge on any atom is -0.399 e. The third kappa shape index (κ3) is 4.61. The maximum absolute atomic E-state index is 14.6. The van der Waals surface area contributed by atoms with Gasteiger partial charge in [0, 0.05) is 22.9 Å². The number of oxime groups is 1. The molecule has 180 valence electrons. The minimum absolute atomic E-state index is 0.151. The number of hydrogen-bond acceptors (Lipinski definition) is 5.